The quantitative estimate of drug-likeness (QED) is 0.681. The molecule has 0 aromatic heterocycles. The smallest absolute Gasteiger partial charge is 0.119 e. The lowest BCUT2D eigenvalue weighted by molar-refractivity contribution is 0.0301. The molecule has 0 amide bonds. The van der Waals surface area contributed by atoms with Crippen molar-refractivity contribution in [3.05, 3.63) is 60.2 Å². The van der Waals surface area contributed by atoms with Crippen LogP contribution < -0.4 is 9.47 Å². The third-order valence-corrected chi connectivity index (χ3v) is 7.06. The van der Waals surface area contributed by atoms with Gasteiger partial charge < -0.3 is 9.47 Å². The van der Waals surface area contributed by atoms with Gasteiger partial charge in [-0.15, -0.1) is 0 Å². The van der Waals surface area contributed by atoms with E-state index in [4.69, 9.17) is 9.47 Å². The standard InChI is InChI=1S/C23H28O2/c1-22(2)18-13-14-23(22,3)21(15-18)25-20-11-9-17(10-12-20)16-24-19-7-5-4-6-8-19/h4-12,18,21H,13-16H2,1-3H3. The second kappa shape index (κ2) is 6.09. The summed E-state index contributed by atoms with van der Waals surface area (Å²) in [5, 5.41) is 0. The van der Waals surface area contributed by atoms with Crippen molar-refractivity contribution in [1.29, 1.82) is 0 Å². The summed E-state index contributed by atoms with van der Waals surface area (Å²) in [6, 6.07) is 18.3. The zero-order valence-electron chi connectivity index (χ0n) is 15.5. The van der Waals surface area contributed by atoms with Crippen molar-refractivity contribution in [1.82, 2.24) is 0 Å². The van der Waals surface area contributed by atoms with Crippen molar-refractivity contribution in [3.63, 3.8) is 0 Å². The molecule has 2 saturated carbocycles. The molecule has 2 aromatic rings. The van der Waals surface area contributed by atoms with Crippen LogP contribution in [0.5, 0.6) is 11.5 Å². The Morgan fingerprint density at radius 3 is 2.24 bits per heavy atom. The second-order valence-electron chi connectivity index (χ2n) is 8.46. The van der Waals surface area contributed by atoms with E-state index in [9.17, 15) is 0 Å². The van der Waals surface area contributed by atoms with E-state index in [2.05, 4.69) is 45.0 Å². The monoisotopic (exact) mass is 336 g/mol. The van der Waals surface area contributed by atoms with Crippen LogP contribution in [0.3, 0.4) is 0 Å². The maximum atomic E-state index is 6.42. The normalized spacial score (nSPS) is 29.6. The molecule has 3 atom stereocenters. The molecule has 132 valence electrons. The average Bonchev–Trinajstić information content (AvgIpc) is 2.95. The number of rotatable bonds is 5. The highest BCUT2D eigenvalue weighted by atomic mass is 16.5. The SMILES string of the molecule is CC1(C)C2CCC1(C)C(Oc1ccc(COc3ccccc3)cc1)C2. The predicted octanol–water partition coefficient (Wildman–Crippen LogP) is 5.86. The van der Waals surface area contributed by atoms with E-state index in [0.717, 1.165) is 23.0 Å². The van der Waals surface area contributed by atoms with E-state index < -0.39 is 0 Å². The third kappa shape index (κ3) is 2.82. The van der Waals surface area contributed by atoms with Gasteiger partial charge in [-0.1, -0.05) is 51.1 Å². The van der Waals surface area contributed by atoms with Crippen LogP contribution in [0.2, 0.25) is 0 Å². The number of hydrogen-bond acceptors (Lipinski definition) is 2. The van der Waals surface area contributed by atoms with Gasteiger partial charge >= 0.3 is 0 Å². The maximum absolute atomic E-state index is 6.42. The first-order chi connectivity index (χ1) is 12.0. The summed E-state index contributed by atoms with van der Waals surface area (Å²) in [5.74, 6) is 2.69. The first kappa shape index (κ1) is 16.5. The molecule has 2 aliphatic carbocycles. The fraction of sp³-hybridized carbons (Fsp3) is 0.478. The minimum Gasteiger partial charge on any atom is -0.490 e. The zero-order valence-corrected chi connectivity index (χ0v) is 15.5. The molecule has 0 radical (unpaired) electrons. The molecule has 4 rings (SSSR count). The first-order valence-electron chi connectivity index (χ1n) is 9.42. The second-order valence-corrected chi connectivity index (χ2v) is 8.46. The summed E-state index contributed by atoms with van der Waals surface area (Å²) >= 11 is 0. The highest BCUT2D eigenvalue weighted by Gasteiger charge is 2.62. The van der Waals surface area contributed by atoms with Crippen molar-refractivity contribution in [2.24, 2.45) is 16.7 Å². The molecular formula is C23H28O2. The van der Waals surface area contributed by atoms with E-state index in [1.54, 1.807) is 0 Å². The number of hydrogen-bond donors (Lipinski definition) is 0. The lowest BCUT2D eigenvalue weighted by atomic mass is 9.70. The van der Waals surface area contributed by atoms with Gasteiger partial charge in [0.1, 0.15) is 24.2 Å². The number of fused-ring (bicyclic) bond motifs is 2. The summed E-state index contributed by atoms with van der Waals surface area (Å²) in [6.07, 6.45) is 4.19. The molecule has 0 aliphatic heterocycles. The van der Waals surface area contributed by atoms with Crippen LogP contribution in [0.1, 0.15) is 45.6 Å². The van der Waals surface area contributed by atoms with Crippen LogP contribution in [0.25, 0.3) is 0 Å². The van der Waals surface area contributed by atoms with Crippen LogP contribution in [0, 0.1) is 16.7 Å². The Morgan fingerprint density at radius 1 is 0.920 bits per heavy atom. The zero-order chi connectivity index (χ0) is 17.5. The Balaban J connectivity index is 1.38. The molecule has 2 aromatic carbocycles. The first-order valence-corrected chi connectivity index (χ1v) is 9.42. The third-order valence-electron chi connectivity index (χ3n) is 7.06. The van der Waals surface area contributed by atoms with Crippen LogP contribution >= 0.6 is 0 Å². The number of para-hydroxylation sites is 1. The van der Waals surface area contributed by atoms with E-state index in [1.165, 1.54) is 19.3 Å². The predicted molar refractivity (Wildman–Crippen MR) is 101 cm³/mol. The number of ether oxygens (including phenoxy) is 2. The van der Waals surface area contributed by atoms with Crippen LogP contribution in [0.4, 0.5) is 0 Å². The molecule has 2 heteroatoms. The molecule has 0 heterocycles. The Kier molecular flexibility index (Phi) is 4.02. The van der Waals surface area contributed by atoms with E-state index in [0.29, 0.717) is 23.5 Å². The van der Waals surface area contributed by atoms with Crippen molar-refractivity contribution >= 4 is 0 Å². The maximum Gasteiger partial charge on any atom is 0.119 e. The van der Waals surface area contributed by atoms with Gasteiger partial charge in [0, 0.05) is 5.41 Å². The van der Waals surface area contributed by atoms with E-state index in [1.807, 2.05) is 30.3 Å². The summed E-state index contributed by atoms with van der Waals surface area (Å²) in [6.45, 7) is 7.86. The molecule has 0 spiro atoms. The molecular weight excluding hydrogens is 308 g/mol. The fourth-order valence-corrected chi connectivity index (χ4v) is 4.82. The average molecular weight is 336 g/mol. The van der Waals surface area contributed by atoms with E-state index >= 15 is 0 Å². The minimum absolute atomic E-state index is 0.298. The van der Waals surface area contributed by atoms with Crippen LogP contribution in [-0.4, -0.2) is 6.10 Å². The summed E-state index contributed by atoms with van der Waals surface area (Å²) in [4.78, 5) is 0. The Hall–Kier alpha value is -1.96. The topological polar surface area (TPSA) is 18.5 Å². The van der Waals surface area contributed by atoms with Crippen molar-refractivity contribution in [2.75, 3.05) is 0 Å². The van der Waals surface area contributed by atoms with Crippen LogP contribution in [-0.2, 0) is 6.61 Å². The molecule has 2 aliphatic rings. The molecule has 0 N–H and O–H groups in total. The lowest BCUT2D eigenvalue weighted by Gasteiger charge is -2.38. The van der Waals surface area contributed by atoms with Gasteiger partial charge in [-0.2, -0.15) is 0 Å². The molecule has 25 heavy (non-hydrogen) atoms. The Labute approximate surface area is 151 Å². The summed E-state index contributed by atoms with van der Waals surface area (Å²) in [7, 11) is 0. The van der Waals surface area contributed by atoms with Gasteiger partial charge in [-0.25, -0.2) is 0 Å². The van der Waals surface area contributed by atoms with E-state index in [-0.39, 0.29) is 0 Å². The molecule has 2 nitrogen and oxygen atoms in total. The van der Waals surface area contributed by atoms with Crippen molar-refractivity contribution in [2.45, 2.75) is 52.7 Å². The van der Waals surface area contributed by atoms with Gasteiger partial charge in [0.2, 0.25) is 0 Å². The van der Waals surface area contributed by atoms with Gasteiger partial charge in [0.05, 0.1) is 0 Å². The molecule has 2 bridgehead atoms. The highest BCUT2D eigenvalue weighted by molar-refractivity contribution is 5.29. The van der Waals surface area contributed by atoms with Gasteiger partial charge in [-0.05, 0) is 60.4 Å². The minimum atomic E-state index is 0.298. The van der Waals surface area contributed by atoms with Gasteiger partial charge in [-0.3, -0.25) is 0 Å². The van der Waals surface area contributed by atoms with Crippen LogP contribution in [0.15, 0.2) is 54.6 Å². The van der Waals surface area contributed by atoms with Crippen molar-refractivity contribution in [3.8, 4) is 11.5 Å². The summed E-state index contributed by atoms with van der Waals surface area (Å²) < 4.78 is 12.2. The van der Waals surface area contributed by atoms with Gasteiger partial charge in [0.25, 0.3) is 0 Å². The fourth-order valence-electron chi connectivity index (χ4n) is 4.82. The van der Waals surface area contributed by atoms with Gasteiger partial charge in [0.15, 0.2) is 0 Å². The number of benzene rings is 2. The summed E-state index contributed by atoms with van der Waals surface area (Å²) in [5.41, 5.74) is 1.85. The largest absolute Gasteiger partial charge is 0.490 e. The Morgan fingerprint density at radius 2 is 1.64 bits per heavy atom. The van der Waals surface area contributed by atoms with Crippen molar-refractivity contribution < 1.29 is 9.47 Å². The Bertz CT molecular complexity index is 720. The highest BCUT2D eigenvalue weighted by Crippen LogP contribution is 2.66. The molecule has 2 fully saturated rings. The lowest BCUT2D eigenvalue weighted by Crippen LogP contribution is -2.38. The molecule has 0 saturated heterocycles. The molecule has 3 unspecified atom stereocenters.